The number of aliphatic hydroxyl groups excluding tert-OH is 3. The number of rotatable bonds is 2. The summed E-state index contributed by atoms with van der Waals surface area (Å²) in [6.07, 6.45) is -2.92. The van der Waals surface area contributed by atoms with E-state index in [2.05, 4.69) is 11.3 Å². The average Bonchev–Trinajstić information content (AvgIpc) is 2.30. The van der Waals surface area contributed by atoms with Gasteiger partial charge in [0.25, 0.3) is 0 Å². The van der Waals surface area contributed by atoms with Crippen molar-refractivity contribution in [1.29, 1.82) is 0 Å². The molecule has 1 fully saturated rings. The van der Waals surface area contributed by atoms with Gasteiger partial charge >= 0.3 is 0 Å². The smallest absolute Gasteiger partial charge is 0.184 e. The van der Waals surface area contributed by atoms with Crippen molar-refractivity contribution < 1.29 is 25.2 Å². The van der Waals surface area contributed by atoms with Gasteiger partial charge in [-0.15, -0.1) is 6.58 Å². The van der Waals surface area contributed by atoms with Crippen LogP contribution in [-0.4, -0.2) is 51.1 Å². The van der Waals surface area contributed by atoms with Crippen LogP contribution in [0, 0.1) is 0 Å². The molecule has 1 saturated heterocycles. The molecule has 0 aromatic heterocycles. The molecule has 0 radical (unpaired) electrons. The predicted octanol–water partition coefficient (Wildman–Crippen LogP) is -2.03. The van der Waals surface area contributed by atoms with E-state index in [0.29, 0.717) is 0 Å². The Kier molecular flexibility index (Phi) is 2.50. The van der Waals surface area contributed by atoms with Crippen LogP contribution in [0.15, 0.2) is 12.7 Å². The summed E-state index contributed by atoms with van der Waals surface area (Å²) in [5, 5.41) is 36.5. The first-order valence-corrected chi connectivity index (χ1v) is 3.54. The summed E-state index contributed by atoms with van der Waals surface area (Å²) in [6.45, 7) is 2.80. The van der Waals surface area contributed by atoms with E-state index in [1.165, 1.54) is 0 Å². The summed E-state index contributed by atoms with van der Waals surface area (Å²) in [4.78, 5) is 0. The Morgan fingerprint density at radius 2 is 2.08 bits per heavy atom. The van der Waals surface area contributed by atoms with Crippen LogP contribution < -0.4 is 0 Å². The zero-order valence-corrected chi connectivity index (χ0v) is 6.42. The van der Waals surface area contributed by atoms with E-state index in [1.807, 2.05) is 0 Å². The molecule has 1 aliphatic heterocycles. The molecule has 5 nitrogen and oxygen atoms in total. The van der Waals surface area contributed by atoms with Gasteiger partial charge in [-0.1, -0.05) is 6.08 Å². The topological polar surface area (TPSA) is 90.2 Å². The third-order valence-electron chi connectivity index (χ3n) is 2.06. The number of hydrogen-bond donors (Lipinski definition) is 4. The summed E-state index contributed by atoms with van der Waals surface area (Å²) >= 11 is 0. The molecule has 4 atom stereocenters. The predicted molar refractivity (Wildman–Crippen MR) is 39.1 cm³/mol. The van der Waals surface area contributed by atoms with E-state index in [9.17, 15) is 10.2 Å². The van der Waals surface area contributed by atoms with Crippen LogP contribution in [0.4, 0.5) is 0 Å². The normalized spacial score (nSPS) is 47.8. The molecule has 1 heterocycles. The Morgan fingerprint density at radius 3 is 2.42 bits per heavy atom. The molecule has 1 aliphatic rings. The van der Waals surface area contributed by atoms with E-state index in [0.717, 1.165) is 6.08 Å². The summed E-state index contributed by atoms with van der Waals surface area (Å²) in [5.41, 5.74) is -1.77. The highest BCUT2D eigenvalue weighted by atomic mass is 16.7. The number of hydrogen-bond acceptors (Lipinski definition) is 5. The third-order valence-corrected chi connectivity index (χ3v) is 2.06. The SMILES string of the molecule is C=C[C@]1(O)[C@@H](CO)O[C@H](O)[C@@H]1O. The minimum Gasteiger partial charge on any atom is -0.394 e. The number of ether oxygens (including phenoxy) is 1. The largest absolute Gasteiger partial charge is 0.394 e. The van der Waals surface area contributed by atoms with Gasteiger partial charge in [0.1, 0.15) is 17.8 Å². The second-order valence-electron chi connectivity index (χ2n) is 2.73. The molecule has 4 N–H and O–H groups in total. The van der Waals surface area contributed by atoms with Crippen LogP contribution in [-0.2, 0) is 4.74 Å². The zero-order chi connectivity index (χ0) is 9.35. The standard InChI is InChI=1S/C7H12O5/c1-2-7(11)4(3-8)12-6(10)5(7)9/h2,4-6,8-11H,1,3H2/t4-,5+,6+,7+/m1/s1. The van der Waals surface area contributed by atoms with Crippen molar-refractivity contribution in [2.24, 2.45) is 0 Å². The highest BCUT2D eigenvalue weighted by Gasteiger charge is 2.52. The minimum absolute atomic E-state index is 0.489. The van der Waals surface area contributed by atoms with Crippen LogP contribution in [0.5, 0.6) is 0 Å². The van der Waals surface area contributed by atoms with Gasteiger partial charge in [-0.05, 0) is 0 Å². The quantitative estimate of drug-likeness (QED) is 0.364. The zero-order valence-electron chi connectivity index (χ0n) is 6.42. The van der Waals surface area contributed by atoms with Gasteiger partial charge in [0.2, 0.25) is 0 Å². The molecular formula is C7H12O5. The molecule has 0 spiro atoms. The van der Waals surface area contributed by atoms with Crippen LogP contribution in [0.25, 0.3) is 0 Å². The maximum absolute atomic E-state index is 9.59. The van der Waals surface area contributed by atoms with Crippen molar-refractivity contribution in [1.82, 2.24) is 0 Å². The monoisotopic (exact) mass is 176 g/mol. The molecule has 0 unspecified atom stereocenters. The fourth-order valence-electron chi connectivity index (χ4n) is 1.21. The molecular weight excluding hydrogens is 164 g/mol. The van der Waals surface area contributed by atoms with E-state index < -0.39 is 30.7 Å². The Labute approximate surface area is 69.5 Å². The van der Waals surface area contributed by atoms with E-state index in [-0.39, 0.29) is 0 Å². The summed E-state index contributed by atoms with van der Waals surface area (Å²) < 4.78 is 4.66. The molecule has 0 aromatic rings. The lowest BCUT2D eigenvalue weighted by molar-refractivity contribution is -0.132. The first-order valence-electron chi connectivity index (χ1n) is 3.54. The number of aliphatic hydroxyl groups is 4. The second-order valence-corrected chi connectivity index (χ2v) is 2.73. The summed E-state index contributed by atoms with van der Waals surface area (Å²) in [6, 6.07) is 0. The van der Waals surface area contributed by atoms with Crippen molar-refractivity contribution in [2.45, 2.75) is 24.1 Å². The molecule has 0 aliphatic carbocycles. The lowest BCUT2D eigenvalue weighted by atomic mass is 9.93. The van der Waals surface area contributed by atoms with Crippen LogP contribution in [0.2, 0.25) is 0 Å². The summed E-state index contributed by atoms with van der Waals surface area (Å²) in [5.74, 6) is 0. The first-order chi connectivity index (χ1) is 5.56. The van der Waals surface area contributed by atoms with Crippen molar-refractivity contribution in [3.8, 4) is 0 Å². The van der Waals surface area contributed by atoms with Crippen molar-refractivity contribution >= 4 is 0 Å². The molecule has 1 rings (SSSR count). The van der Waals surface area contributed by atoms with Crippen LogP contribution >= 0.6 is 0 Å². The van der Waals surface area contributed by atoms with Gasteiger partial charge in [-0.2, -0.15) is 0 Å². The lowest BCUT2D eigenvalue weighted by Crippen LogP contribution is -2.47. The van der Waals surface area contributed by atoms with Crippen LogP contribution in [0.1, 0.15) is 0 Å². The van der Waals surface area contributed by atoms with Crippen LogP contribution in [0.3, 0.4) is 0 Å². The second kappa shape index (κ2) is 3.12. The van der Waals surface area contributed by atoms with Crippen molar-refractivity contribution in [3.05, 3.63) is 12.7 Å². The minimum atomic E-state index is -1.77. The average molecular weight is 176 g/mol. The molecule has 12 heavy (non-hydrogen) atoms. The van der Waals surface area contributed by atoms with Crippen molar-refractivity contribution in [3.63, 3.8) is 0 Å². The molecule has 0 saturated carbocycles. The van der Waals surface area contributed by atoms with Gasteiger partial charge in [0.05, 0.1) is 6.61 Å². The lowest BCUT2D eigenvalue weighted by Gasteiger charge is -2.25. The van der Waals surface area contributed by atoms with Gasteiger partial charge in [-0.25, -0.2) is 0 Å². The maximum atomic E-state index is 9.59. The highest BCUT2D eigenvalue weighted by Crippen LogP contribution is 2.30. The Morgan fingerprint density at radius 1 is 1.50 bits per heavy atom. The summed E-state index contributed by atoms with van der Waals surface area (Å²) in [7, 11) is 0. The molecule has 0 amide bonds. The van der Waals surface area contributed by atoms with Crippen molar-refractivity contribution in [2.75, 3.05) is 6.61 Å². The molecule has 5 heteroatoms. The van der Waals surface area contributed by atoms with Gasteiger partial charge in [-0.3, -0.25) is 0 Å². The highest BCUT2D eigenvalue weighted by molar-refractivity contribution is 5.11. The van der Waals surface area contributed by atoms with Gasteiger partial charge in [0.15, 0.2) is 6.29 Å². The Bertz CT molecular complexity index is 183. The molecule has 0 aromatic carbocycles. The fourth-order valence-corrected chi connectivity index (χ4v) is 1.21. The van der Waals surface area contributed by atoms with E-state index in [4.69, 9.17) is 10.2 Å². The Hall–Kier alpha value is -0.460. The Balaban J connectivity index is 2.87. The van der Waals surface area contributed by atoms with Gasteiger partial charge in [0, 0.05) is 0 Å². The maximum Gasteiger partial charge on any atom is 0.184 e. The fraction of sp³-hybridized carbons (Fsp3) is 0.714. The van der Waals surface area contributed by atoms with E-state index >= 15 is 0 Å². The molecule has 70 valence electrons. The van der Waals surface area contributed by atoms with Gasteiger partial charge < -0.3 is 25.2 Å². The molecule has 0 bridgehead atoms. The third kappa shape index (κ3) is 1.16. The van der Waals surface area contributed by atoms with E-state index in [1.54, 1.807) is 0 Å². The first kappa shape index (κ1) is 9.63.